The Bertz CT molecular complexity index is 488. The van der Waals surface area contributed by atoms with E-state index in [0.29, 0.717) is 6.42 Å². The summed E-state index contributed by atoms with van der Waals surface area (Å²) in [6.45, 7) is 4.86. The SMILES string of the molecule is CN1CC[C@]2(CCC1=O)CN(Cc1ccco1)CCN2C. The molecule has 21 heavy (non-hydrogen) atoms. The third-order valence-electron chi connectivity index (χ3n) is 5.18. The minimum absolute atomic E-state index is 0.130. The van der Waals surface area contributed by atoms with Gasteiger partial charge in [0.25, 0.3) is 0 Å². The van der Waals surface area contributed by atoms with Crippen LogP contribution in [0.25, 0.3) is 0 Å². The van der Waals surface area contributed by atoms with Gasteiger partial charge < -0.3 is 9.32 Å². The maximum atomic E-state index is 12.0. The van der Waals surface area contributed by atoms with Crippen LogP contribution in [0.15, 0.2) is 22.8 Å². The Morgan fingerprint density at radius 2 is 2.10 bits per heavy atom. The molecule has 5 heteroatoms. The molecule has 2 aliphatic heterocycles. The fourth-order valence-electron chi connectivity index (χ4n) is 3.60. The summed E-state index contributed by atoms with van der Waals surface area (Å²) in [6.07, 6.45) is 4.41. The molecule has 1 spiro atoms. The number of hydrogen-bond acceptors (Lipinski definition) is 4. The predicted octanol–water partition coefficient (Wildman–Crippen LogP) is 1.41. The molecule has 3 heterocycles. The van der Waals surface area contributed by atoms with Gasteiger partial charge in [0.2, 0.25) is 5.91 Å². The average molecular weight is 291 g/mol. The topological polar surface area (TPSA) is 39.9 Å². The largest absolute Gasteiger partial charge is 0.468 e. The van der Waals surface area contributed by atoms with Crippen LogP contribution in [0, 0.1) is 0 Å². The Morgan fingerprint density at radius 3 is 2.86 bits per heavy atom. The summed E-state index contributed by atoms with van der Waals surface area (Å²) in [5, 5.41) is 0. The summed E-state index contributed by atoms with van der Waals surface area (Å²) in [5.74, 6) is 1.31. The van der Waals surface area contributed by atoms with Crippen LogP contribution < -0.4 is 0 Å². The van der Waals surface area contributed by atoms with E-state index in [1.54, 1.807) is 6.26 Å². The highest BCUT2D eigenvalue weighted by Gasteiger charge is 2.41. The van der Waals surface area contributed by atoms with E-state index >= 15 is 0 Å². The lowest BCUT2D eigenvalue weighted by molar-refractivity contribution is -0.129. The molecule has 1 amide bonds. The zero-order valence-electron chi connectivity index (χ0n) is 13.0. The monoisotopic (exact) mass is 291 g/mol. The molecule has 116 valence electrons. The maximum absolute atomic E-state index is 12.0. The summed E-state index contributed by atoms with van der Waals surface area (Å²) < 4.78 is 5.48. The second kappa shape index (κ2) is 5.81. The number of furan rings is 1. The molecule has 0 N–H and O–H groups in total. The average Bonchev–Trinajstić information content (AvgIpc) is 2.94. The second-order valence-electron chi connectivity index (χ2n) is 6.50. The van der Waals surface area contributed by atoms with E-state index in [2.05, 4.69) is 16.8 Å². The summed E-state index contributed by atoms with van der Waals surface area (Å²) in [6, 6.07) is 3.98. The number of carbonyl (C=O) groups excluding carboxylic acids is 1. The van der Waals surface area contributed by atoms with Crippen molar-refractivity contribution in [1.29, 1.82) is 0 Å². The van der Waals surface area contributed by atoms with Crippen molar-refractivity contribution in [2.24, 2.45) is 0 Å². The summed E-state index contributed by atoms with van der Waals surface area (Å²) in [4.78, 5) is 18.8. The highest BCUT2D eigenvalue weighted by Crippen LogP contribution is 2.32. The number of amides is 1. The van der Waals surface area contributed by atoms with Gasteiger partial charge >= 0.3 is 0 Å². The molecule has 1 aromatic rings. The summed E-state index contributed by atoms with van der Waals surface area (Å²) in [7, 11) is 4.13. The molecule has 0 bridgehead atoms. The molecule has 0 aromatic carbocycles. The molecule has 2 saturated heterocycles. The van der Waals surface area contributed by atoms with E-state index < -0.39 is 0 Å². The van der Waals surface area contributed by atoms with Gasteiger partial charge in [0, 0.05) is 45.2 Å². The van der Waals surface area contributed by atoms with Crippen LogP contribution >= 0.6 is 0 Å². The van der Waals surface area contributed by atoms with Crippen LogP contribution in [0.4, 0.5) is 0 Å². The van der Waals surface area contributed by atoms with Crippen LogP contribution in [-0.2, 0) is 11.3 Å². The highest BCUT2D eigenvalue weighted by molar-refractivity contribution is 5.76. The van der Waals surface area contributed by atoms with Gasteiger partial charge in [-0.3, -0.25) is 14.6 Å². The van der Waals surface area contributed by atoms with Gasteiger partial charge in [-0.1, -0.05) is 0 Å². The molecule has 2 aliphatic rings. The molecule has 0 aliphatic carbocycles. The number of rotatable bonds is 2. The van der Waals surface area contributed by atoms with E-state index in [9.17, 15) is 4.79 Å². The van der Waals surface area contributed by atoms with E-state index in [-0.39, 0.29) is 11.4 Å². The van der Waals surface area contributed by atoms with Crippen molar-refractivity contribution in [3.63, 3.8) is 0 Å². The molecule has 2 fully saturated rings. The van der Waals surface area contributed by atoms with Crippen molar-refractivity contribution < 1.29 is 9.21 Å². The number of nitrogens with zero attached hydrogens (tertiary/aromatic N) is 3. The van der Waals surface area contributed by atoms with Crippen LogP contribution in [0.1, 0.15) is 25.0 Å². The van der Waals surface area contributed by atoms with Crippen LogP contribution in [-0.4, -0.2) is 66.4 Å². The van der Waals surface area contributed by atoms with E-state index in [1.165, 1.54) is 0 Å². The van der Waals surface area contributed by atoms with Crippen molar-refractivity contribution in [2.45, 2.75) is 31.3 Å². The van der Waals surface area contributed by atoms with Gasteiger partial charge in [-0.15, -0.1) is 0 Å². The lowest BCUT2D eigenvalue weighted by atomic mass is 9.86. The van der Waals surface area contributed by atoms with E-state index in [0.717, 1.165) is 51.3 Å². The lowest BCUT2D eigenvalue weighted by Gasteiger charge is -2.49. The number of carbonyl (C=O) groups is 1. The van der Waals surface area contributed by atoms with E-state index in [4.69, 9.17) is 4.42 Å². The van der Waals surface area contributed by atoms with Gasteiger partial charge in [0.05, 0.1) is 12.8 Å². The van der Waals surface area contributed by atoms with Crippen molar-refractivity contribution in [1.82, 2.24) is 14.7 Å². The van der Waals surface area contributed by atoms with Crippen LogP contribution in [0.3, 0.4) is 0 Å². The van der Waals surface area contributed by atoms with Crippen molar-refractivity contribution >= 4 is 5.91 Å². The van der Waals surface area contributed by atoms with Crippen molar-refractivity contribution in [2.75, 3.05) is 40.3 Å². The van der Waals surface area contributed by atoms with Crippen molar-refractivity contribution in [3.05, 3.63) is 24.2 Å². The summed E-state index contributed by atoms with van der Waals surface area (Å²) in [5.41, 5.74) is 0.130. The van der Waals surface area contributed by atoms with Gasteiger partial charge in [-0.05, 0) is 32.0 Å². The maximum Gasteiger partial charge on any atom is 0.222 e. The third kappa shape index (κ3) is 2.99. The fourth-order valence-corrected chi connectivity index (χ4v) is 3.60. The Hall–Kier alpha value is -1.33. The zero-order valence-corrected chi connectivity index (χ0v) is 13.0. The van der Waals surface area contributed by atoms with Gasteiger partial charge in [-0.2, -0.15) is 0 Å². The number of piperazine rings is 1. The minimum Gasteiger partial charge on any atom is -0.468 e. The molecule has 0 unspecified atom stereocenters. The first-order valence-corrected chi connectivity index (χ1v) is 7.79. The van der Waals surface area contributed by atoms with Crippen LogP contribution in [0.2, 0.25) is 0 Å². The number of hydrogen-bond donors (Lipinski definition) is 0. The second-order valence-corrected chi connectivity index (χ2v) is 6.50. The smallest absolute Gasteiger partial charge is 0.222 e. The summed E-state index contributed by atoms with van der Waals surface area (Å²) >= 11 is 0. The molecule has 0 saturated carbocycles. The van der Waals surface area contributed by atoms with Gasteiger partial charge in [-0.25, -0.2) is 0 Å². The molecule has 0 radical (unpaired) electrons. The van der Waals surface area contributed by atoms with Crippen molar-refractivity contribution in [3.8, 4) is 0 Å². The molecule has 5 nitrogen and oxygen atoms in total. The molecule has 1 aromatic heterocycles. The quantitative estimate of drug-likeness (QED) is 0.826. The minimum atomic E-state index is 0.130. The molecular weight excluding hydrogens is 266 g/mol. The lowest BCUT2D eigenvalue weighted by Crippen LogP contribution is -2.60. The van der Waals surface area contributed by atoms with Gasteiger partial charge in [0.15, 0.2) is 0 Å². The zero-order chi connectivity index (χ0) is 14.9. The van der Waals surface area contributed by atoms with Crippen LogP contribution in [0.5, 0.6) is 0 Å². The Kier molecular flexibility index (Phi) is 4.04. The Labute approximate surface area is 126 Å². The first-order chi connectivity index (χ1) is 10.1. The fraction of sp³-hybridized carbons (Fsp3) is 0.688. The molecular formula is C16H25N3O2. The Balaban J connectivity index is 1.71. The molecule has 3 rings (SSSR count). The first kappa shape index (κ1) is 14.6. The Morgan fingerprint density at radius 1 is 1.24 bits per heavy atom. The highest BCUT2D eigenvalue weighted by atomic mass is 16.3. The normalized spacial score (nSPS) is 29.0. The predicted molar refractivity (Wildman–Crippen MR) is 80.8 cm³/mol. The third-order valence-corrected chi connectivity index (χ3v) is 5.18. The number of likely N-dealkylation sites (tertiary alicyclic amines) is 1. The first-order valence-electron chi connectivity index (χ1n) is 7.79. The molecule has 1 atom stereocenters. The number of likely N-dealkylation sites (N-methyl/N-ethyl adjacent to an activating group) is 1. The van der Waals surface area contributed by atoms with Gasteiger partial charge in [0.1, 0.15) is 5.76 Å². The van der Waals surface area contributed by atoms with E-state index in [1.807, 2.05) is 24.1 Å². The standard InChI is InChI=1S/C16H25N3O2/c1-17-8-7-16(6-5-15(17)20)13-19(10-9-18(16)2)12-14-4-3-11-21-14/h3-4,11H,5-10,12-13H2,1-2H3/t16-/m1/s1.